The second-order valence-electron chi connectivity index (χ2n) is 18.9. The van der Waals surface area contributed by atoms with Gasteiger partial charge in [0.15, 0.2) is 24.0 Å². The van der Waals surface area contributed by atoms with Crippen LogP contribution in [-0.4, -0.2) is 108 Å². The number of allylic oxidation sites excluding steroid dienone is 4. The van der Waals surface area contributed by atoms with Gasteiger partial charge in [0.25, 0.3) is 0 Å². The second kappa shape index (κ2) is 16.9. The molecule has 2 heterocycles. The van der Waals surface area contributed by atoms with Crippen molar-refractivity contribution in [3.05, 3.63) is 57.7 Å². The maximum Gasteiger partial charge on any atom is 0.346 e. The van der Waals surface area contributed by atoms with E-state index in [-0.39, 0.29) is 70.8 Å². The number of nitrogens with zero attached hydrogens (tertiary/aromatic N) is 2. The van der Waals surface area contributed by atoms with E-state index >= 15 is 4.39 Å². The third kappa shape index (κ3) is 7.88. The number of benzene rings is 1. The van der Waals surface area contributed by atoms with Crippen LogP contribution in [0.4, 0.5) is 10.1 Å². The molecule has 5 N–H and O–H groups in total. The molecular formula is C46H57FN4O12. The summed E-state index contributed by atoms with van der Waals surface area (Å²) in [5.74, 6) is -4.36. The topological polar surface area (TPSA) is 226 Å². The molecule has 63 heavy (non-hydrogen) atoms. The van der Waals surface area contributed by atoms with Crippen molar-refractivity contribution in [2.45, 2.75) is 108 Å². The average Bonchev–Trinajstić information content (AvgIpc) is 4.04. The number of carbonyl (C=O) groups excluding carboxylic acids is 5. The quantitative estimate of drug-likeness (QED) is 0.168. The Bertz CT molecular complexity index is 2360. The number of halogens is 1. The number of carbonyl (C=O) groups is 5. The van der Waals surface area contributed by atoms with Crippen LogP contribution in [0.25, 0.3) is 10.9 Å². The van der Waals surface area contributed by atoms with Gasteiger partial charge in [0.05, 0.1) is 37.0 Å². The van der Waals surface area contributed by atoms with E-state index in [0.717, 1.165) is 24.5 Å². The molecule has 5 aliphatic carbocycles. The number of nitrogens with two attached hydrogens (primary N) is 1. The van der Waals surface area contributed by atoms with Crippen LogP contribution in [0.3, 0.4) is 0 Å². The minimum atomic E-state index is -1.85. The number of hydrogen-bond acceptors (Lipinski definition) is 15. The number of aliphatic hydroxyl groups excluding tert-OH is 1. The average molecular weight is 877 g/mol. The molecule has 6 aliphatic rings. The van der Waals surface area contributed by atoms with Crippen LogP contribution in [0, 0.1) is 34.4 Å². The number of nitrogens with one attached hydrogen (secondary N) is 1. The number of fused-ring (bicyclic) bond motifs is 6. The Balaban J connectivity index is 0.837. The van der Waals surface area contributed by atoms with Gasteiger partial charge in [-0.1, -0.05) is 25.5 Å². The molecule has 1 aromatic heterocycles. The molecule has 0 amide bonds. The van der Waals surface area contributed by atoms with Gasteiger partial charge in [-0.25, -0.2) is 9.18 Å². The van der Waals surface area contributed by atoms with Crippen molar-refractivity contribution in [3.63, 3.8) is 0 Å². The van der Waals surface area contributed by atoms with E-state index in [1.54, 1.807) is 16.7 Å². The van der Waals surface area contributed by atoms with Gasteiger partial charge in [0.2, 0.25) is 18.0 Å². The summed E-state index contributed by atoms with van der Waals surface area (Å²) >= 11 is 0. The molecule has 0 spiro atoms. The SMILES string of the molecule is COc1c(N2CCNC(C)C2)c(F)cc2c(=O)c(C(=O)OCOC(=O)CC(N)CC(=O)OCC(=O)[C@@]3(O)CCC4C5CCC6=CC(=O)C=C[C@]6(C)C5[C@@H](O)C[C@@]43C)cn(C3CC3)c12. The van der Waals surface area contributed by atoms with Crippen molar-refractivity contribution in [3.8, 4) is 5.75 Å². The fourth-order valence-corrected chi connectivity index (χ4v) is 11.8. The molecule has 1 aliphatic heterocycles. The number of aliphatic hydroxyl groups is 2. The number of rotatable bonds is 13. The normalized spacial score (nSPS) is 31.6. The lowest BCUT2D eigenvalue weighted by molar-refractivity contribution is -0.181. The molecule has 9 atom stereocenters. The minimum Gasteiger partial charge on any atom is -0.492 e. The van der Waals surface area contributed by atoms with E-state index in [0.29, 0.717) is 44.4 Å². The van der Waals surface area contributed by atoms with Crippen molar-refractivity contribution < 1.29 is 57.5 Å². The van der Waals surface area contributed by atoms with Crippen molar-refractivity contribution in [1.82, 2.24) is 9.88 Å². The fourth-order valence-electron chi connectivity index (χ4n) is 11.8. The predicted molar refractivity (Wildman–Crippen MR) is 225 cm³/mol. The van der Waals surface area contributed by atoms with E-state index in [4.69, 9.17) is 24.7 Å². The maximum atomic E-state index is 15.8. The van der Waals surface area contributed by atoms with Crippen LogP contribution < -0.4 is 26.1 Å². The molecule has 0 radical (unpaired) electrons. The standard InChI is InChI=1S/C46H57FN4O12/c1-24-20-50(14-13-49-24)40-33(47)18-30-39(42(40)60-4)51(27-6-7-27)21-31(41(30)57)43(58)63-23-62-37(56)17-26(48)16-36(55)61-22-35(54)46(59)12-10-32-29-8-5-25-15-28(52)9-11-44(25,2)38(29)34(53)19-45(32,46)3/h9,11,15,18,21,24,26-27,29,32,34,38,49,53,59H,5-8,10,12-14,16-17,19-20,22-23,48H2,1-4H3/t24?,26?,29?,32?,34-,38?,44-,45-,46-/m0/s1. The third-order valence-corrected chi connectivity index (χ3v) is 15.0. The number of pyridine rings is 1. The zero-order chi connectivity index (χ0) is 45.2. The number of ketones is 2. The highest BCUT2D eigenvalue weighted by molar-refractivity contribution is 6.01. The number of esters is 3. The summed E-state index contributed by atoms with van der Waals surface area (Å²) in [6.45, 7) is 5.95. The lowest BCUT2D eigenvalue weighted by Gasteiger charge is -2.59. The number of anilines is 1. The van der Waals surface area contributed by atoms with Gasteiger partial charge in [-0.15, -0.1) is 0 Å². The first kappa shape index (κ1) is 44.6. The molecule has 1 aromatic carbocycles. The first-order valence-corrected chi connectivity index (χ1v) is 22.0. The molecular weight excluding hydrogens is 820 g/mol. The fraction of sp³-hybridized carbons (Fsp3) is 0.609. The molecule has 4 saturated carbocycles. The largest absolute Gasteiger partial charge is 0.492 e. The Morgan fingerprint density at radius 2 is 1.79 bits per heavy atom. The number of ether oxygens (including phenoxy) is 4. The highest BCUT2D eigenvalue weighted by atomic mass is 19.1. The van der Waals surface area contributed by atoms with Gasteiger partial charge in [0.1, 0.15) is 16.9 Å². The summed E-state index contributed by atoms with van der Waals surface area (Å²) in [5.41, 5.74) is 3.16. The molecule has 0 bridgehead atoms. The van der Waals surface area contributed by atoms with Crippen molar-refractivity contribution in [1.29, 1.82) is 0 Å². The van der Waals surface area contributed by atoms with Crippen LogP contribution in [0.2, 0.25) is 0 Å². The van der Waals surface area contributed by atoms with Crippen LogP contribution in [0.15, 0.2) is 40.9 Å². The molecule has 2 aromatic rings. The summed E-state index contributed by atoms with van der Waals surface area (Å²) < 4.78 is 38.7. The summed E-state index contributed by atoms with van der Waals surface area (Å²) in [5, 5.41) is 26.9. The highest BCUT2D eigenvalue weighted by Gasteiger charge is 2.68. The number of piperazine rings is 1. The summed E-state index contributed by atoms with van der Waals surface area (Å²) in [4.78, 5) is 80.0. The monoisotopic (exact) mass is 876 g/mol. The minimum absolute atomic E-state index is 0.00234. The summed E-state index contributed by atoms with van der Waals surface area (Å²) in [7, 11) is 1.41. The van der Waals surface area contributed by atoms with Crippen molar-refractivity contribution >= 4 is 46.1 Å². The zero-order valence-corrected chi connectivity index (χ0v) is 36.2. The Morgan fingerprint density at radius 1 is 1.06 bits per heavy atom. The van der Waals surface area contributed by atoms with Crippen LogP contribution in [0.5, 0.6) is 5.75 Å². The molecule has 5 unspecified atom stereocenters. The summed E-state index contributed by atoms with van der Waals surface area (Å²) in [6.07, 6.45) is 8.47. The maximum absolute atomic E-state index is 15.8. The molecule has 16 nitrogen and oxygen atoms in total. The molecule has 1 saturated heterocycles. The van der Waals surface area contributed by atoms with E-state index < -0.39 is 89.8 Å². The molecule has 8 rings (SSSR count). The predicted octanol–water partition coefficient (Wildman–Crippen LogP) is 3.17. The van der Waals surface area contributed by atoms with Gasteiger partial charge in [-0.2, -0.15) is 0 Å². The Morgan fingerprint density at radius 3 is 2.49 bits per heavy atom. The third-order valence-electron chi connectivity index (χ3n) is 15.0. The van der Waals surface area contributed by atoms with Crippen LogP contribution >= 0.6 is 0 Å². The molecule has 340 valence electrons. The Hall–Kier alpha value is -4.97. The highest BCUT2D eigenvalue weighted by Crippen LogP contribution is 2.67. The lowest BCUT2D eigenvalue weighted by Crippen LogP contribution is -2.61. The van der Waals surface area contributed by atoms with Gasteiger partial charge in [0, 0.05) is 60.7 Å². The van der Waals surface area contributed by atoms with E-state index in [2.05, 4.69) is 5.32 Å². The number of Topliss-reactive ketones (excluding diaryl/α,β-unsaturated/α-hetero) is 1. The van der Waals surface area contributed by atoms with Crippen molar-refractivity contribution in [2.75, 3.05) is 45.0 Å². The lowest BCUT2D eigenvalue weighted by atomic mass is 9.46. The van der Waals surface area contributed by atoms with Gasteiger partial charge >= 0.3 is 17.9 Å². The Labute approximate surface area is 363 Å². The van der Waals surface area contributed by atoms with Crippen molar-refractivity contribution in [2.24, 2.45) is 34.3 Å². The molecule has 17 heteroatoms. The summed E-state index contributed by atoms with van der Waals surface area (Å²) in [6, 6.07) is 0.0597. The smallest absolute Gasteiger partial charge is 0.346 e. The van der Waals surface area contributed by atoms with E-state index in [1.165, 1.54) is 13.3 Å². The van der Waals surface area contributed by atoms with Gasteiger partial charge in [-0.05, 0) is 81.9 Å². The first-order valence-electron chi connectivity index (χ1n) is 22.0. The first-order chi connectivity index (χ1) is 29.9. The second-order valence-corrected chi connectivity index (χ2v) is 18.9. The molecule has 5 fully saturated rings. The number of hydrogen-bond donors (Lipinski definition) is 4. The number of methoxy groups -OCH3 is 1. The van der Waals surface area contributed by atoms with Gasteiger partial charge < -0.3 is 49.7 Å². The number of aromatic nitrogens is 1. The Kier molecular flexibility index (Phi) is 11.9. The van der Waals surface area contributed by atoms with Crippen LogP contribution in [0.1, 0.15) is 95.0 Å². The van der Waals surface area contributed by atoms with E-state index in [9.17, 15) is 39.0 Å². The van der Waals surface area contributed by atoms with E-state index in [1.807, 2.05) is 31.7 Å². The van der Waals surface area contributed by atoms with Gasteiger partial charge in [-0.3, -0.25) is 24.0 Å². The van der Waals surface area contributed by atoms with Crippen LogP contribution in [-0.2, 0) is 33.4 Å². The zero-order valence-electron chi connectivity index (χ0n) is 36.2.